The van der Waals surface area contributed by atoms with Gasteiger partial charge in [-0.2, -0.15) is 0 Å². The number of hydrogen-bond donors (Lipinski definition) is 3. The summed E-state index contributed by atoms with van der Waals surface area (Å²) in [5.74, 6) is -3.23. The number of ether oxygens (including phenoxy) is 5. The van der Waals surface area contributed by atoms with Gasteiger partial charge >= 0.3 is 23.9 Å². The van der Waals surface area contributed by atoms with Gasteiger partial charge in [0, 0.05) is 19.3 Å². The average molecular weight is 1020 g/mol. The molecule has 0 aromatic rings. The minimum absolute atomic E-state index is 0.0374. The highest BCUT2D eigenvalue weighted by Gasteiger charge is 2.50. The summed E-state index contributed by atoms with van der Waals surface area (Å²) >= 11 is 0. The third-order valence-corrected chi connectivity index (χ3v) is 11.8. The van der Waals surface area contributed by atoms with Crippen LogP contribution in [0.25, 0.3) is 0 Å². The Morgan fingerprint density at radius 2 is 0.863 bits per heavy atom. The molecule has 1 heterocycles. The SMILES string of the molecule is CC/C=C\C/C=C\C/C=C\C/C=C\C/C=C\CCCCCC(=O)OCC(COC1OC(C(=O)O)C(O)C(O)C1OC(=O)CCCCCCC/C=C\CCCC)OC(=O)CCCCC/C=C\C/C=C\C/C=C\CC. The molecule has 1 rings (SSSR count). The van der Waals surface area contributed by atoms with Crippen LogP contribution in [0.1, 0.15) is 201 Å². The summed E-state index contributed by atoms with van der Waals surface area (Å²) in [5, 5.41) is 31.4. The number of esters is 3. The number of hydrogen-bond acceptors (Lipinski definition) is 11. The Labute approximate surface area is 440 Å². The van der Waals surface area contributed by atoms with Gasteiger partial charge in [0.2, 0.25) is 0 Å². The molecule has 0 amide bonds. The van der Waals surface area contributed by atoms with Crippen LogP contribution in [0.15, 0.2) is 109 Å². The molecule has 73 heavy (non-hydrogen) atoms. The summed E-state index contributed by atoms with van der Waals surface area (Å²) in [6, 6.07) is 0. The lowest BCUT2D eigenvalue weighted by molar-refractivity contribution is -0.301. The van der Waals surface area contributed by atoms with Gasteiger partial charge < -0.3 is 39.0 Å². The summed E-state index contributed by atoms with van der Waals surface area (Å²) in [6.07, 6.45) is 52.2. The smallest absolute Gasteiger partial charge is 0.335 e. The normalized spacial score (nSPS) is 19.2. The maximum atomic E-state index is 13.1. The molecule has 0 spiro atoms. The molecule has 1 saturated heterocycles. The number of unbranched alkanes of at least 4 members (excludes halogenated alkanes) is 13. The van der Waals surface area contributed by atoms with Crippen LogP contribution in [0, 0.1) is 0 Å². The Morgan fingerprint density at radius 3 is 1.34 bits per heavy atom. The first-order valence-corrected chi connectivity index (χ1v) is 27.9. The van der Waals surface area contributed by atoms with E-state index < -0.39 is 67.3 Å². The molecule has 3 N–H and O–H groups in total. The Kier molecular flexibility index (Phi) is 44.0. The highest BCUT2D eigenvalue weighted by atomic mass is 16.7. The van der Waals surface area contributed by atoms with Gasteiger partial charge in [-0.15, -0.1) is 0 Å². The standard InChI is InChI=1S/C61H96O12/c1-4-7-10-13-16-19-22-24-25-26-27-28-29-31-33-35-38-41-44-47-53(62)69-50-52(71-54(63)48-45-42-39-37-34-30-23-20-17-14-11-8-5-2)51-70-61-59(57(66)56(65)58(73-61)60(67)68)72-55(64)49-46-43-40-36-32-21-18-15-12-9-6-3/h7-8,10-11,15-20,24-25,27-28,30-31,33-34,52,56-59,61,65-66H,4-6,9,12-14,21-23,26,29,32,35-51H2,1-3H3,(H,67,68)/b10-7-,11-8-,18-15-,19-16-,20-17-,25-24-,28-27-,33-31-,34-30-. The number of allylic oxidation sites excluding steroid dienone is 18. The Bertz CT molecular complexity index is 1690. The van der Waals surface area contributed by atoms with E-state index in [0.29, 0.717) is 19.3 Å². The number of aliphatic hydroxyl groups is 2. The minimum atomic E-state index is -1.92. The van der Waals surface area contributed by atoms with Crippen molar-refractivity contribution in [3.05, 3.63) is 109 Å². The number of aliphatic hydroxyl groups excluding tert-OH is 2. The van der Waals surface area contributed by atoms with Crippen LogP contribution in [0.2, 0.25) is 0 Å². The van der Waals surface area contributed by atoms with Crippen LogP contribution < -0.4 is 0 Å². The predicted molar refractivity (Wildman–Crippen MR) is 294 cm³/mol. The van der Waals surface area contributed by atoms with Gasteiger partial charge in [-0.1, -0.05) is 175 Å². The van der Waals surface area contributed by atoms with Crippen molar-refractivity contribution in [2.75, 3.05) is 13.2 Å². The van der Waals surface area contributed by atoms with E-state index in [1.54, 1.807) is 0 Å². The van der Waals surface area contributed by atoms with E-state index in [0.717, 1.165) is 128 Å². The van der Waals surface area contributed by atoms with Crippen molar-refractivity contribution in [2.24, 2.45) is 0 Å². The number of carboxylic acid groups (broad SMARTS) is 1. The molecule has 412 valence electrons. The summed E-state index contributed by atoms with van der Waals surface area (Å²) in [5.41, 5.74) is 0. The van der Waals surface area contributed by atoms with E-state index in [1.807, 2.05) is 0 Å². The minimum Gasteiger partial charge on any atom is -0.479 e. The van der Waals surface area contributed by atoms with E-state index >= 15 is 0 Å². The van der Waals surface area contributed by atoms with E-state index in [9.17, 15) is 34.5 Å². The molecule has 1 aliphatic rings. The molecular weight excluding hydrogens is 925 g/mol. The van der Waals surface area contributed by atoms with Gasteiger partial charge in [0.15, 0.2) is 24.6 Å². The number of carboxylic acids is 1. The van der Waals surface area contributed by atoms with Crippen molar-refractivity contribution in [1.29, 1.82) is 0 Å². The quantitative estimate of drug-likeness (QED) is 0.0228. The topological polar surface area (TPSA) is 175 Å². The van der Waals surface area contributed by atoms with E-state index in [-0.39, 0.29) is 25.9 Å². The molecule has 0 aliphatic carbocycles. The fraction of sp³-hybridized carbons (Fsp3) is 0.639. The van der Waals surface area contributed by atoms with Crippen molar-refractivity contribution in [1.82, 2.24) is 0 Å². The first-order valence-electron chi connectivity index (χ1n) is 27.9. The van der Waals surface area contributed by atoms with Gasteiger partial charge in [0.25, 0.3) is 0 Å². The highest BCUT2D eigenvalue weighted by Crippen LogP contribution is 2.26. The van der Waals surface area contributed by atoms with Crippen molar-refractivity contribution < 1.29 is 58.2 Å². The molecular formula is C61H96O12. The molecule has 12 nitrogen and oxygen atoms in total. The summed E-state index contributed by atoms with van der Waals surface area (Å²) < 4.78 is 28.3. The molecule has 1 aliphatic heterocycles. The van der Waals surface area contributed by atoms with Crippen LogP contribution in [0.5, 0.6) is 0 Å². The molecule has 12 heteroatoms. The Morgan fingerprint density at radius 1 is 0.466 bits per heavy atom. The monoisotopic (exact) mass is 1020 g/mol. The van der Waals surface area contributed by atoms with Crippen LogP contribution in [-0.4, -0.2) is 89.2 Å². The zero-order valence-electron chi connectivity index (χ0n) is 45.1. The lowest BCUT2D eigenvalue weighted by Crippen LogP contribution is -2.61. The fourth-order valence-electron chi connectivity index (χ4n) is 7.56. The van der Waals surface area contributed by atoms with E-state index in [4.69, 9.17) is 23.7 Å². The van der Waals surface area contributed by atoms with Gasteiger partial charge in [-0.05, 0) is 116 Å². The van der Waals surface area contributed by atoms with Crippen LogP contribution in [0.3, 0.4) is 0 Å². The van der Waals surface area contributed by atoms with E-state index in [2.05, 4.69) is 130 Å². The summed E-state index contributed by atoms with van der Waals surface area (Å²) in [4.78, 5) is 50.9. The highest BCUT2D eigenvalue weighted by molar-refractivity contribution is 5.74. The third-order valence-electron chi connectivity index (χ3n) is 11.8. The maximum Gasteiger partial charge on any atom is 0.335 e. The third kappa shape index (κ3) is 38.6. The second-order valence-electron chi connectivity index (χ2n) is 18.4. The first kappa shape index (κ1) is 66.4. The van der Waals surface area contributed by atoms with E-state index in [1.165, 1.54) is 12.8 Å². The second kappa shape index (κ2) is 48.3. The molecule has 1 fully saturated rings. The van der Waals surface area contributed by atoms with Gasteiger partial charge in [0.1, 0.15) is 18.8 Å². The van der Waals surface area contributed by atoms with Crippen LogP contribution >= 0.6 is 0 Å². The maximum absolute atomic E-state index is 13.1. The summed E-state index contributed by atoms with van der Waals surface area (Å²) in [7, 11) is 0. The van der Waals surface area contributed by atoms with Gasteiger partial charge in [-0.25, -0.2) is 4.79 Å². The van der Waals surface area contributed by atoms with Crippen LogP contribution in [-0.2, 0) is 42.9 Å². The van der Waals surface area contributed by atoms with Gasteiger partial charge in [0.05, 0.1) is 6.61 Å². The number of rotatable bonds is 45. The van der Waals surface area contributed by atoms with Gasteiger partial charge in [-0.3, -0.25) is 14.4 Å². The molecule has 0 bridgehead atoms. The zero-order chi connectivity index (χ0) is 53.3. The Hall–Kier alpha value is -4.62. The molecule has 0 aromatic carbocycles. The predicted octanol–water partition coefficient (Wildman–Crippen LogP) is 13.9. The molecule has 0 radical (unpaired) electrons. The van der Waals surface area contributed by atoms with Crippen LogP contribution in [0.4, 0.5) is 0 Å². The van der Waals surface area contributed by atoms with Crippen molar-refractivity contribution in [3.63, 3.8) is 0 Å². The first-order chi connectivity index (χ1) is 35.6. The Balaban J connectivity index is 2.75. The van der Waals surface area contributed by atoms with Crippen molar-refractivity contribution in [2.45, 2.75) is 237 Å². The zero-order valence-corrected chi connectivity index (χ0v) is 45.1. The number of carbonyl (C=O) groups is 4. The summed E-state index contributed by atoms with van der Waals surface area (Å²) in [6.45, 7) is 5.63. The lowest BCUT2D eigenvalue weighted by atomic mass is 9.98. The lowest BCUT2D eigenvalue weighted by Gasteiger charge is -2.40. The molecule has 0 aromatic heterocycles. The molecule has 0 saturated carbocycles. The van der Waals surface area contributed by atoms with Crippen molar-refractivity contribution in [3.8, 4) is 0 Å². The van der Waals surface area contributed by atoms with Crippen molar-refractivity contribution >= 4 is 23.9 Å². The number of aliphatic carboxylic acids is 1. The molecule has 6 unspecified atom stereocenters. The fourth-order valence-corrected chi connectivity index (χ4v) is 7.56. The average Bonchev–Trinajstić information content (AvgIpc) is 3.37. The number of carbonyl (C=O) groups excluding carboxylic acids is 3. The largest absolute Gasteiger partial charge is 0.479 e. The second-order valence-corrected chi connectivity index (χ2v) is 18.4. The molecule has 6 atom stereocenters.